The molecular formula is C11H13F3N2O2. The van der Waals surface area contributed by atoms with Gasteiger partial charge in [0, 0.05) is 0 Å². The van der Waals surface area contributed by atoms with Gasteiger partial charge in [0.05, 0.1) is 11.4 Å². The van der Waals surface area contributed by atoms with Crippen LogP contribution in [0.15, 0.2) is 24.3 Å². The predicted molar refractivity (Wildman–Crippen MR) is 61.0 cm³/mol. The SMILES string of the molecule is CC(OCC(F)(F)F)C(=O)Nc1ccccc1N. The smallest absolute Gasteiger partial charge is 0.397 e. The van der Waals surface area contributed by atoms with Gasteiger partial charge >= 0.3 is 6.18 Å². The molecule has 0 aliphatic rings. The summed E-state index contributed by atoms with van der Waals surface area (Å²) in [5.41, 5.74) is 6.24. The molecule has 0 saturated carbocycles. The topological polar surface area (TPSA) is 64.3 Å². The van der Waals surface area contributed by atoms with E-state index >= 15 is 0 Å². The van der Waals surface area contributed by atoms with Crippen molar-refractivity contribution in [2.45, 2.75) is 19.2 Å². The third kappa shape index (κ3) is 4.62. The fourth-order valence-electron chi connectivity index (χ4n) is 1.14. The van der Waals surface area contributed by atoms with E-state index in [1.54, 1.807) is 24.3 Å². The first-order valence-corrected chi connectivity index (χ1v) is 5.13. The average molecular weight is 262 g/mol. The number of ether oxygens (including phenoxy) is 1. The molecule has 0 spiro atoms. The van der Waals surface area contributed by atoms with E-state index in [9.17, 15) is 18.0 Å². The molecule has 1 rings (SSSR count). The van der Waals surface area contributed by atoms with Gasteiger partial charge in [-0.05, 0) is 19.1 Å². The van der Waals surface area contributed by atoms with E-state index in [2.05, 4.69) is 10.1 Å². The predicted octanol–water partition coefficient (Wildman–Crippen LogP) is 2.17. The zero-order chi connectivity index (χ0) is 13.8. The number of carbonyl (C=O) groups is 1. The van der Waals surface area contributed by atoms with Crippen molar-refractivity contribution in [3.63, 3.8) is 0 Å². The summed E-state index contributed by atoms with van der Waals surface area (Å²) in [6.07, 6.45) is -5.67. The minimum Gasteiger partial charge on any atom is -0.397 e. The molecule has 4 nitrogen and oxygen atoms in total. The number of halogens is 3. The lowest BCUT2D eigenvalue weighted by Gasteiger charge is -2.15. The summed E-state index contributed by atoms with van der Waals surface area (Å²) >= 11 is 0. The van der Waals surface area contributed by atoms with Crippen molar-refractivity contribution in [1.82, 2.24) is 0 Å². The Morgan fingerprint density at radius 2 is 2.06 bits per heavy atom. The van der Waals surface area contributed by atoms with Crippen LogP contribution in [-0.2, 0) is 9.53 Å². The maximum absolute atomic E-state index is 11.9. The van der Waals surface area contributed by atoms with Gasteiger partial charge in [0.1, 0.15) is 12.7 Å². The Hall–Kier alpha value is -1.76. The number of rotatable bonds is 4. The lowest BCUT2D eigenvalue weighted by atomic mass is 10.2. The number of alkyl halides is 3. The number of benzene rings is 1. The van der Waals surface area contributed by atoms with Crippen molar-refractivity contribution in [3.05, 3.63) is 24.3 Å². The molecule has 0 aromatic heterocycles. The molecule has 7 heteroatoms. The maximum atomic E-state index is 11.9. The number of anilines is 2. The summed E-state index contributed by atoms with van der Waals surface area (Å²) in [4.78, 5) is 11.5. The zero-order valence-corrected chi connectivity index (χ0v) is 9.62. The van der Waals surface area contributed by atoms with Gasteiger partial charge in [-0.15, -0.1) is 0 Å². The maximum Gasteiger partial charge on any atom is 0.411 e. The number of nitrogens with one attached hydrogen (secondary N) is 1. The molecular weight excluding hydrogens is 249 g/mol. The van der Waals surface area contributed by atoms with Crippen molar-refractivity contribution >= 4 is 17.3 Å². The van der Waals surface area contributed by atoms with Gasteiger partial charge in [0.15, 0.2) is 0 Å². The van der Waals surface area contributed by atoms with Crippen LogP contribution >= 0.6 is 0 Å². The molecule has 0 saturated heterocycles. The van der Waals surface area contributed by atoms with Gasteiger partial charge in [-0.1, -0.05) is 12.1 Å². The first-order valence-electron chi connectivity index (χ1n) is 5.13. The van der Waals surface area contributed by atoms with Gasteiger partial charge < -0.3 is 15.8 Å². The van der Waals surface area contributed by atoms with Crippen molar-refractivity contribution in [1.29, 1.82) is 0 Å². The monoisotopic (exact) mass is 262 g/mol. The second-order valence-electron chi connectivity index (χ2n) is 3.64. The van der Waals surface area contributed by atoms with Gasteiger partial charge in [-0.2, -0.15) is 13.2 Å². The summed E-state index contributed by atoms with van der Waals surface area (Å²) in [7, 11) is 0. The number of para-hydroxylation sites is 2. The number of nitrogen functional groups attached to an aromatic ring is 1. The Morgan fingerprint density at radius 3 is 2.61 bits per heavy atom. The average Bonchev–Trinajstić information content (AvgIpc) is 2.28. The highest BCUT2D eigenvalue weighted by Crippen LogP contribution is 2.18. The standard InChI is InChI=1S/C11H13F3N2O2/c1-7(18-6-11(12,13)14)10(17)16-9-5-3-2-4-8(9)15/h2-5,7H,6,15H2,1H3,(H,16,17). The van der Waals surface area contributed by atoms with Crippen LogP contribution in [0.2, 0.25) is 0 Å². The van der Waals surface area contributed by atoms with Crippen molar-refractivity contribution < 1.29 is 22.7 Å². The van der Waals surface area contributed by atoms with E-state index in [0.29, 0.717) is 11.4 Å². The summed E-state index contributed by atoms with van der Waals surface area (Å²) in [6, 6.07) is 6.43. The fourth-order valence-corrected chi connectivity index (χ4v) is 1.14. The molecule has 1 aromatic rings. The molecule has 18 heavy (non-hydrogen) atoms. The molecule has 0 aliphatic carbocycles. The number of amides is 1. The molecule has 1 atom stereocenters. The minimum atomic E-state index is -4.46. The Bertz CT molecular complexity index is 421. The third-order valence-electron chi connectivity index (χ3n) is 2.08. The Morgan fingerprint density at radius 1 is 1.44 bits per heavy atom. The van der Waals surface area contributed by atoms with Gasteiger partial charge in [0.2, 0.25) is 0 Å². The Labute approximate surface area is 102 Å². The van der Waals surface area contributed by atoms with Crippen LogP contribution < -0.4 is 11.1 Å². The first-order chi connectivity index (χ1) is 8.29. The lowest BCUT2D eigenvalue weighted by molar-refractivity contribution is -0.184. The molecule has 0 aliphatic heterocycles. The summed E-state index contributed by atoms with van der Waals surface area (Å²) < 4.78 is 40.1. The minimum absolute atomic E-state index is 0.328. The highest BCUT2D eigenvalue weighted by molar-refractivity contribution is 5.96. The van der Waals surface area contributed by atoms with E-state index in [1.165, 1.54) is 6.92 Å². The lowest BCUT2D eigenvalue weighted by Crippen LogP contribution is -2.31. The number of carbonyl (C=O) groups excluding carboxylic acids is 1. The summed E-state index contributed by atoms with van der Waals surface area (Å²) in [6.45, 7) is -0.230. The highest BCUT2D eigenvalue weighted by Gasteiger charge is 2.29. The van der Waals surface area contributed by atoms with Gasteiger partial charge in [-0.25, -0.2) is 0 Å². The zero-order valence-electron chi connectivity index (χ0n) is 9.62. The van der Waals surface area contributed by atoms with Crippen molar-refractivity contribution in [3.8, 4) is 0 Å². The normalized spacial score (nSPS) is 13.1. The van der Waals surface area contributed by atoms with Crippen LogP contribution in [-0.4, -0.2) is 24.8 Å². The van der Waals surface area contributed by atoms with E-state index in [4.69, 9.17) is 5.73 Å². The van der Waals surface area contributed by atoms with E-state index in [-0.39, 0.29) is 0 Å². The van der Waals surface area contributed by atoms with E-state index in [0.717, 1.165) is 0 Å². The van der Waals surface area contributed by atoms with Crippen molar-refractivity contribution in [2.24, 2.45) is 0 Å². The highest BCUT2D eigenvalue weighted by atomic mass is 19.4. The summed E-state index contributed by atoms with van der Waals surface area (Å²) in [5, 5.41) is 2.39. The van der Waals surface area contributed by atoms with Crippen LogP contribution in [0.4, 0.5) is 24.5 Å². The number of nitrogens with two attached hydrogens (primary N) is 1. The number of hydrogen-bond acceptors (Lipinski definition) is 3. The second kappa shape index (κ2) is 5.72. The van der Waals surface area contributed by atoms with Crippen LogP contribution in [0, 0.1) is 0 Å². The Balaban J connectivity index is 2.53. The largest absolute Gasteiger partial charge is 0.411 e. The van der Waals surface area contributed by atoms with E-state index in [1.807, 2.05) is 0 Å². The second-order valence-corrected chi connectivity index (χ2v) is 3.64. The van der Waals surface area contributed by atoms with Crippen LogP contribution in [0.5, 0.6) is 0 Å². The molecule has 100 valence electrons. The van der Waals surface area contributed by atoms with E-state index < -0.39 is 24.8 Å². The van der Waals surface area contributed by atoms with Crippen LogP contribution in [0.1, 0.15) is 6.92 Å². The molecule has 1 unspecified atom stereocenters. The third-order valence-corrected chi connectivity index (χ3v) is 2.08. The molecule has 0 bridgehead atoms. The van der Waals surface area contributed by atoms with Crippen LogP contribution in [0.3, 0.4) is 0 Å². The summed E-state index contributed by atoms with van der Waals surface area (Å²) in [5.74, 6) is -0.683. The van der Waals surface area contributed by atoms with Crippen LogP contribution in [0.25, 0.3) is 0 Å². The molecule has 3 N–H and O–H groups in total. The molecule has 1 aromatic carbocycles. The first kappa shape index (κ1) is 14.3. The van der Waals surface area contributed by atoms with Crippen molar-refractivity contribution in [2.75, 3.05) is 17.7 Å². The quantitative estimate of drug-likeness (QED) is 0.817. The molecule has 0 heterocycles. The molecule has 0 radical (unpaired) electrons. The van der Waals surface area contributed by atoms with Gasteiger partial charge in [-0.3, -0.25) is 4.79 Å². The number of hydrogen-bond donors (Lipinski definition) is 2. The fraction of sp³-hybridized carbons (Fsp3) is 0.364. The molecule has 0 fully saturated rings. The molecule has 1 amide bonds. The van der Waals surface area contributed by atoms with Gasteiger partial charge in [0.25, 0.3) is 5.91 Å². The Kier molecular flexibility index (Phi) is 4.55.